The van der Waals surface area contributed by atoms with Crippen molar-refractivity contribution in [3.05, 3.63) is 23.8 Å². The molecular weight excluding hydrogens is 150 g/mol. The molecule has 66 valence electrons. The van der Waals surface area contributed by atoms with Gasteiger partial charge < -0.3 is 4.90 Å². The largest absolute Gasteiger partial charge is 0.303 e. The topological polar surface area (TPSA) is 29.0 Å². The van der Waals surface area contributed by atoms with Crippen molar-refractivity contribution in [3.8, 4) is 0 Å². The molecule has 0 saturated carbocycles. The molecule has 0 radical (unpaired) electrons. The highest BCUT2D eigenvalue weighted by Crippen LogP contribution is 2.14. The van der Waals surface area contributed by atoms with Crippen molar-refractivity contribution < 1.29 is 0 Å². The quantitative estimate of drug-likeness (QED) is 0.663. The third kappa shape index (κ3) is 2.01. The van der Waals surface area contributed by atoms with Crippen LogP contribution in [0.4, 0.5) is 0 Å². The first kappa shape index (κ1) is 9.13. The Morgan fingerprint density at radius 1 is 1.25 bits per heavy atom. The zero-order chi connectivity index (χ0) is 9.14. The molecule has 1 unspecified atom stereocenters. The Morgan fingerprint density at radius 3 is 2.17 bits per heavy atom. The smallest absolute Gasteiger partial charge is 0.125 e. The van der Waals surface area contributed by atoms with Crippen LogP contribution in [0.3, 0.4) is 0 Å². The highest BCUT2D eigenvalue weighted by molar-refractivity contribution is 5.09. The molecule has 1 heterocycles. The summed E-state index contributed by atoms with van der Waals surface area (Å²) in [5.74, 6) is 0.824. The number of hydrogen-bond donors (Lipinski definition) is 0. The van der Waals surface area contributed by atoms with Crippen LogP contribution < -0.4 is 0 Å². The molecule has 0 spiro atoms. The van der Waals surface area contributed by atoms with Crippen molar-refractivity contribution in [2.24, 2.45) is 0 Å². The van der Waals surface area contributed by atoms with E-state index >= 15 is 0 Å². The van der Waals surface area contributed by atoms with Gasteiger partial charge in [0.1, 0.15) is 5.82 Å². The Bertz CT molecular complexity index is 240. The van der Waals surface area contributed by atoms with Crippen LogP contribution in [0.1, 0.15) is 24.4 Å². The van der Waals surface area contributed by atoms with E-state index in [1.807, 2.05) is 33.4 Å². The summed E-state index contributed by atoms with van der Waals surface area (Å²) < 4.78 is 0. The van der Waals surface area contributed by atoms with Gasteiger partial charge in [-0.15, -0.1) is 0 Å². The van der Waals surface area contributed by atoms with Gasteiger partial charge in [-0.2, -0.15) is 0 Å². The maximum atomic E-state index is 4.14. The SMILES string of the molecule is Cc1ncc(C(C)N(C)C)cn1. The van der Waals surface area contributed by atoms with Gasteiger partial charge in [-0.3, -0.25) is 0 Å². The van der Waals surface area contributed by atoms with Crippen LogP contribution in [-0.2, 0) is 0 Å². The van der Waals surface area contributed by atoms with E-state index in [-0.39, 0.29) is 0 Å². The Balaban J connectivity index is 2.82. The summed E-state index contributed by atoms with van der Waals surface area (Å²) in [5, 5.41) is 0. The van der Waals surface area contributed by atoms with Gasteiger partial charge >= 0.3 is 0 Å². The maximum Gasteiger partial charge on any atom is 0.125 e. The number of rotatable bonds is 2. The van der Waals surface area contributed by atoms with Gasteiger partial charge in [0.05, 0.1) is 0 Å². The van der Waals surface area contributed by atoms with E-state index < -0.39 is 0 Å². The lowest BCUT2D eigenvalue weighted by Crippen LogP contribution is -2.17. The molecule has 0 fully saturated rings. The van der Waals surface area contributed by atoms with Crippen LogP contribution in [0.15, 0.2) is 12.4 Å². The van der Waals surface area contributed by atoms with E-state index in [4.69, 9.17) is 0 Å². The predicted molar refractivity (Wildman–Crippen MR) is 48.9 cm³/mol. The van der Waals surface area contributed by atoms with Crippen molar-refractivity contribution in [1.82, 2.24) is 14.9 Å². The van der Waals surface area contributed by atoms with E-state index in [2.05, 4.69) is 21.8 Å². The fraction of sp³-hybridized carbons (Fsp3) is 0.556. The second kappa shape index (κ2) is 3.63. The van der Waals surface area contributed by atoms with Crippen molar-refractivity contribution in [3.63, 3.8) is 0 Å². The average Bonchev–Trinajstić information content (AvgIpc) is 2.04. The molecule has 1 atom stereocenters. The minimum Gasteiger partial charge on any atom is -0.303 e. The average molecular weight is 165 g/mol. The van der Waals surface area contributed by atoms with Crippen LogP contribution in [0.5, 0.6) is 0 Å². The minimum absolute atomic E-state index is 0.380. The number of nitrogens with zero attached hydrogens (tertiary/aromatic N) is 3. The molecule has 3 heteroatoms. The van der Waals surface area contributed by atoms with Crippen molar-refractivity contribution in [2.45, 2.75) is 19.9 Å². The van der Waals surface area contributed by atoms with Gasteiger partial charge in [0, 0.05) is 24.0 Å². The fourth-order valence-electron chi connectivity index (χ4n) is 0.916. The minimum atomic E-state index is 0.380. The molecule has 3 nitrogen and oxygen atoms in total. The Hall–Kier alpha value is -0.960. The van der Waals surface area contributed by atoms with E-state index in [0.717, 1.165) is 11.4 Å². The molecule has 1 aromatic rings. The van der Waals surface area contributed by atoms with Crippen molar-refractivity contribution in [2.75, 3.05) is 14.1 Å². The van der Waals surface area contributed by atoms with Gasteiger partial charge in [-0.1, -0.05) is 0 Å². The van der Waals surface area contributed by atoms with Crippen LogP contribution >= 0.6 is 0 Å². The molecule has 1 rings (SSSR count). The summed E-state index contributed by atoms with van der Waals surface area (Å²) in [4.78, 5) is 10.4. The summed E-state index contributed by atoms with van der Waals surface area (Å²) >= 11 is 0. The predicted octanol–water partition coefficient (Wildman–Crippen LogP) is 1.41. The van der Waals surface area contributed by atoms with E-state index in [9.17, 15) is 0 Å². The first-order valence-electron chi connectivity index (χ1n) is 4.06. The van der Waals surface area contributed by atoms with Crippen LogP contribution in [0.2, 0.25) is 0 Å². The Morgan fingerprint density at radius 2 is 1.75 bits per heavy atom. The monoisotopic (exact) mass is 165 g/mol. The van der Waals surface area contributed by atoms with Crippen molar-refractivity contribution >= 4 is 0 Å². The van der Waals surface area contributed by atoms with Gasteiger partial charge in [-0.25, -0.2) is 9.97 Å². The fourth-order valence-corrected chi connectivity index (χ4v) is 0.916. The molecule has 0 aliphatic rings. The third-order valence-electron chi connectivity index (χ3n) is 2.06. The first-order chi connectivity index (χ1) is 5.61. The summed E-state index contributed by atoms with van der Waals surface area (Å²) in [6, 6.07) is 0.380. The molecule has 0 aromatic carbocycles. The van der Waals surface area contributed by atoms with Gasteiger partial charge in [0.2, 0.25) is 0 Å². The van der Waals surface area contributed by atoms with Gasteiger partial charge in [-0.05, 0) is 27.9 Å². The summed E-state index contributed by atoms with van der Waals surface area (Å²) in [7, 11) is 4.09. The maximum absolute atomic E-state index is 4.14. The molecular formula is C9H15N3. The Kier molecular flexibility index (Phi) is 2.76. The van der Waals surface area contributed by atoms with Gasteiger partial charge in [0.15, 0.2) is 0 Å². The summed E-state index contributed by atoms with van der Waals surface area (Å²) in [5.41, 5.74) is 1.16. The molecule has 0 N–H and O–H groups in total. The highest BCUT2D eigenvalue weighted by atomic mass is 15.1. The third-order valence-corrected chi connectivity index (χ3v) is 2.06. The lowest BCUT2D eigenvalue weighted by molar-refractivity contribution is 0.320. The normalized spacial score (nSPS) is 13.4. The number of aryl methyl sites for hydroxylation is 1. The molecule has 12 heavy (non-hydrogen) atoms. The molecule has 0 saturated heterocycles. The zero-order valence-electron chi connectivity index (χ0n) is 8.07. The summed E-state index contributed by atoms with van der Waals surface area (Å²) in [6.07, 6.45) is 3.76. The number of aromatic nitrogens is 2. The van der Waals surface area contributed by atoms with Crippen LogP contribution in [0.25, 0.3) is 0 Å². The van der Waals surface area contributed by atoms with Crippen LogP contribution in [-0.4, -0.2) is 29.0 Å². The number of hydrogen-bond acceptors (Lipinski definition) is 3. The molecule has 0 aliphatic carbocycles. The van der Waals surface area contributed by atoms with E-state index in [1.165, 1.54) is 0 Å². The standard InChI is InChI=1S/C9H15N3/c1-7(12(3)4)9-5-10-8(2)11-6-9/h5-7H,1-4H3. The summed E-state index contributed by atoms with van der Waals surface area (Å²) in [6.45, 7) is 4.03. The Labute approximate surface area is 73.5 Å². The van der Waals surface area contributed by atoms with E-state index in [1.54, 1.807) is 0 Å². The second-order valence-corrected chi connectivity index (χ2v) is 3.20. The van der Waals surface area contributed by atoms with E-state index in [0.29, 0.717) is 6.04 Å². The first-order valence-corrected chi connectivity index (χ1v) is 4.06. The molecule has 0 aliphatic heterocycles. The lowest BCUT2D eigenvalue weighted by atomic mass is 10.2. The van der Waals surface area contributed by atoms with Crippen LogP contribution in [0, 0.1) is 6.92 Å². The molecule has 0 bridgehead atoms. The molecule has 0 amide bonds. The van der Waals surface area contributed by atoms with Crippen molar-refractivity contribution in [1.29, 1.82) is 0 Å². The molecule has 1 aromatic heterocycles. The lowest BCUT2D eigenvalue weighted by Gasteiger charge is -2.19. The second-order valence-electron chi connectivity index (χ2n) is 3.20. The highest BCUT2D eigenvalue weighted by Gasteiger charge is 2.07. The van der Waals surface area contributed by atoms with Gasteiger partial charge in [0.25, 0.3) is 0 Å². The zero-order valence-corrected chi connectivity index (χ0v) is 8.07.